The normalized spacial score (nSPS) is 12.1. The highest BCUT2D eigenvalue weighted by Crippen LogP contribution is 2.38. The first kappa shape index (κ1) is 28.3. The van der Waals surface area contributed by atoms with Gasteiger partial charge in [-0.2, -0.15) is 13.2 Å². The molecule has 0 saturated heterocycles. The number of hydrogen-bond acceptors (Lipinski definition) is 3. The van der Waals surface area contributed by atoms with Crippen LogP contribution in [-0.2, 0) is 11.0 Å². The SMILES string of the molecule is Cc1ccc(NC(=S)Nc2cccc(SC(C)C(=O)Nc3c(F)c(F)c(C(F)(F)F)c(F)c3F)c2)cc1. The number of hydrogen-bond donors (Lipinski definition) is 3. The van der Waals surface area contributed by atoms with Crippen molar-refractivity contribution in [2.75, 3.05) is 16.0 Å². The number of rotatable bonds is 6. The van der Waals surface area contributed by atoms with Gasteiger partial charge in [0.05, 0.1) is 5.25 Å². The van der Waals surface area contributed by atoms with E-state index in [0.717, 1.165) is 23.0 Å². The fourth-order valence-electron chi connectivity index (χ4n) is 3.05. The average Bonchev–Trinajstić information content (AvgIpc) is 2.81. The summed E-state index contributed by atoms with van der Waals surface area (Å²) >= 11 is 6.20. The van der Waals surface area contributed by atoms with Crippen molar-refractivity contribution in [3.63, 3.8) is 0 Å². The highest BCUT2D eigenvalue weighted by molar-refractivity contribution is 8.00. The number of aryl methyl sites for hydroxylation is 1. The van der Waals surface area contributed by atoms with Gasteiger partial charge in [-0.1, -0.05) is 23.8 Å². The van der Waals surface area contributed by atoms with Crippen LogP contribution in [0.5, 0.6) is 0 Å². The summed E-state index contributed by atoms with van der Waals surface area (Å²) in [6, 6.07) is 14.1. The molecule has 0 radical (unpaired) electrons. The molecule has 0 spiro atoms. The minimum atomic E-state index is -5.68. The van der Waals surface area contributed by atoms with E-state index in [9.17, 15) is 35.5 Å². The van der Waals surface area contributed by atoms with Gasteiger partial charge in [0.2, 0.25) is 5.91 Å². The fraction of sp³-hybridized carbons (Fsp3) is 0.167. The van der Waals surface area contributed by atoms with Gasteiger partial charge in [-0.3, -0.25) is 4.79 Å². The second kappa shape index (κ2) is 11.4. The van der Waals surface area contributed by atoms with Crippen molar-refractivity contribution in [3.8, 4) is 0 Å². The molecule has 3 aromatic carbocycles. The predicted octanol–water partition coefficient (Wildman–Crippen LogP) is 7.50. The molecule has 3 aromatic rings. The molecule has 196 valence electrons. The smallest absolute Gasteiger partial charge is 0.332 e. The Balaban J connectivity index is 1.69. The second-order valence-electron chi connectivity index (χ2n) is 7.73. The van der Waals surface area contributed by atoms with Gasteiger partial charge in [0.25, 0.3) is 0 Å². The van der Waals surface area contributed by atoms with Crippen molar-refractivity contribution in [3.05, 3.63) is 82.9 Å². The lowest BCUT2D eigenvalue weighted by molar-refractivity contribution is -0.143. The third-order valence-electron chi connectivity index (χ3n) is 4.88. The summed E-state index contributed by atoms with van der Waals surface area (Å²) in [5.74, 6) is -11.1. The molecule has 4 nitrogen and oxygen atoms in total. The van der Waals surface area contributed by atoms with Gasteiger partial charge in [0, 0.05) is 16.3 Å². The second-order valence-corrected chi connectivity index (χ2v) is 9.55. The molecular weight excluding hydrogens is 543 g/mol. The number of benzene rings is 3. The largest absolute Gasteiger partial charge is 0.422 e. The predicted molar refractivity (Wildman–Crippen MR) is 133 cm³/mol. The van der Waals surface area contributed by atoms with Crippen molar-refractivity contribution >= 4 is 52.1 Å². The summed E-state index contributed by atoms with van der Waals surface area (Å²) in [4.78, 5) is 12.9. The quantitative estimate of drug-likeness (QED) is 0.126. The molecule has 3 rings (SSSR count). The third kappa shape index (κ3) is 6.92. The molecule has 1 atom stereocenters. The first-order chi connectivity index (χ1) is 17.3. The third-order valence-corrected chi connectivity index (χ3v) is 6.18. The molecule has 0 bridgehead atoms. The minimum Gasteiger partial charge on any atom is -0.332 e. The van der Waals surface area contributed by atoms with Crippen molar-refractivity contribution in [2.24, 2.45) is 0 Å². The number of halogens is 7. The summed E-state index contributed by atoms with van der Waals surface area (Å²) < 4.78 is 94.1. The van der Waals surface area contributed by atoms with Gasteiger partial charge >= 0.3 is 6.18 Å². The first-order valence-corrected chi connectivity index (χ1v) is 11.7. The number of thioether (sulfide) groups is 1. The zero-order valence-corrected chi connectivity index (χ0v) is 20.7. The van der Waals surface area contributed by atoms with E-state index in [1.165, 1.54) is 6.92 Å². The van der Waals surface area contributed by atoms with Crippen LogP contribution in [-0.4, -0.2) is 16.3 Å². The summed E-state index contributed by atoms with van der Waals surface area (Å²) in [6.07, 6.45) is -5.68. The standard InChI is InChI=1S/C24H18F7N3OS2/c1-11-6-8-13(9-7-11)32-23(36)33-14-4-3-5-15(10-14)37-12(2)22(35)34-21-19(27)17(25)16(24(29,30)31)18(26)20(21)28/h3-10,12H,1-2H3,(H,34,35)(H2,32,33,36). The van der Waals surface area contributed by atoms with Gasteiger partial charge in [0.1, 0.15) is 11.3 Å². The summed E-state index contributed by atoms with van der Waals surface area (Å²) in [5.41, 5.74) is -1.99. The Labute approximate surface area is 216 Å². The van der Waals surface area contributed by atoms with E-state index >= 15 is 0 Å². The zero-order valence-electron chi connectivity index (χ0n) is 19.1. The molecule has 0 aliphatic heterocycles. The molecule has 0 aliphatic carbocycles. The fourth-order valence-corrected chi connectivity index (χ4v) is 4.21. The van der Waals surface area contributed by atoms with Gasteiger partial charge in [-0.15, -0.1) is 11.8 Å². The summed E-state index contributed by atoms with van der Waals surface area (Å²) in [5, 5.41) is 6.82. The molecule has 0 fully saturated rings. The minimum absolute atomic E-state index is 0.286. The maximum absolute atomic E-state index is 14.1. The van der Waals surface area contributed by atoms with Gasteiger partial charge in [-0.05, 0) is 56.4 Å². The Hall–Kier alpha value is -3.32. The van der Waals surface area contributed by atoms with E-state index in [1.54, 1.807) is 29.6 Å². The lowest BCUT2D eigenvalue weighted by atomic mass is 10.1. The number of amides is 1. The lowest BCUT2D eigenvalue weighted by Gasteiger charge is -2.17. The Morgan fingerprint density at radius 2 is 1.43 bits per heavy atom. The number of carbonyl (C=O) groups is 1. The van der Waals surface area contributed by atoms with E-state index < -0.39 is 51.9 Å². The van der Waals surface area contributed by atoms with Crippen LogP contribution in [0.2, 0.25) is 0 Å². The lowest BCUT2D eigenvalue weighted by Crippen LogP contribution is -2.25. The highest BCUT2D eigenvalue weighted by atomic mass is 32.2. The van der Waals surface area contributed by atoms with Crippen LogP contribution in [0.3, 0.4) is 0 Å². The van der Waals surface area contributed by atoms with E-state index in [1.807, 2.05) is 31.2 Å². The Kier molecular flexibility index (Phi) is 8.69. The maximum Gasteiger partial charge on any atom is 0.422 e. The molecule has 0 aromatic heterocycles. The number of thiocarbonyl (C=S) groups is 1. The van der Waals surface area contributed by atoms with Crippen LogP contribution in [0, 0.1) is 30.2 Å². The van der Waals surface area contributed by atoms with Crippen LogP contribution in [0.1, 0.15) is 18.1 Å². The van der Waals surface area contributed by atoms with Crippen molar-refractivity contribution in [1.29, 1.82) is 0 Å². The van der Waals surface area contributed by atoms with Gasteiger partial charge in [0.15, 0.2) is 28.4 Å². The molecule has 3 N–H and O–H groups in total. The molecule has 0 saturated carbocycles. The number of alkyl halides is 3. The molecule has 0 aliphatic rings. The maximum atomic E-state index is 14.1. The van der Waals surface area contributed by atoms with Gasteiger partial charge in [-0.25, -0.2) is 17.6 Å². The molecular formula is C24H18F7N3OS2. The molecule has 1 amide bonds. The monoisotopic (exact) mass is 561 g/mol. The number of anilines is 3. The molecule has 1 unspecified atom stereocenters. The first-order valence-electron chi connectivity index (χ1n) is 10.4. The number of nitrogens with one attached hydrogen (secondary N) is 3. The highest BCUT2D eigenvalue weighted by Gasteiger charge is 2.42. The van der Waals surface area contributed by atoms with E-state index in [-0.39, 0.29) is 5.11 Å². The molecule has 13 heteroatoms. The van der Waals surface area contributed by atoms with Crippen molar-refractivity contribution < 1.29 is 35.5 Å². The number of carbonyl (C=O) groups excluding carboxylic acids is 1. The Morgan fingerprint density at radius 1 is 0.865 bits per heavy atom. The van der Waals surface area contributed by atoms with Gasteiger partial charge < -0.3 is 16.0 Å². The van der Waals surface area contributed by atoms with E-state index in [2.05, 4.69) is 10.6 Å². The summed E-state index contributed by atoms with van der Waals surface area (Å²) in [7, 11) is 0. The van der Waals surface area contributed by atoms with Crippen LogP contribution in [0.4, 0.5) is 47.8 Å². The average molecular weight is 562 g/mol. The van der Waals surface area contributed by atoms with E-state index in [4.69, 9.17) is 12.2 Å². The van der Waals surface area contributed by atoms with Crippen LogP contribution in [0.25, 0.3) is 0 Å². The Bertz CT molecular complexity index is 1300. The molecule has 37 heavy (non-hydrogen) atoms. The Morgan fingerprint density at radius 3 is 2.00 bits per heavy atom. The zero-order chi connectivity index (χ0) is 27.5. The van der Waals surface area contributed by atoms with Crippen LogP contribution in [0.15, 0.2) is 53.4 Å². The van der Waals surface area contributed by atoms with Crippen LogP contribution >= 0.6 is 24.0 Å². The van der Waals surface area contributed by atoms with E-state index in [0.29, 0.717) is 10.6 Å². The topological polar surface area (TPSA) is 53.2 Å². The van der Waals surface area contributed by atoms with Crippen LogP contribution < -0.4 is 16.0 Å². The van der Waals surface area contributed by atoms with Crippen molar-refractivity contribution in [2.45, 2.75) is 30.2 Å². The summed E-state index contributed by atoms with van der Waals surface area (Å²) in [6.45, 7) is 3.27. The molecule has 0 heterocycles. The van der Waals surface area contributed by atoms with Crippen molar-refractivity contribution in [1.82, 2.24) is 0 Å².